The van der Waals surface area contributed by atoms with Gasteiger partial charge in [-0.1, -0.05) is 71.1 Å². The van der Waals surface area contributed by atoms with E-state index < -0.39 is 120 Å². The van der Waals surface area contributed by atoms with Gasteiger partial charge < -0.3 is 53.7 Å². The monoisotopic (exact) mass is 1030 g/mol. The number of esters is 2. The molecule has 17 heteroatoms. The first-order valence-corrected chi connectivity index (χ1v) is 26.4. The molecule has 1 aliphatic carbocycles. The third-order valence-corrected chi connectivity index (χ3v) is 15.9. The number of rotatable bonds is 10. The van der Waals surface area contributed by atoms with Gasteiger partial charge in [-0.25, -0.2) is 4.79 Å². The zero-order chi connectivity index (χ0) is 54.4. The topological polar surface area (TPSA) is 242 Å². The summed E-state index contributed by atoms with van der Waals surface area (Å²) >= 11 is 0. The minimum absolute atomic E-state index is 0.00697. The number of aliphatic hydroxyl groups is 4. The molecule has 15 atom stereocenters. The van der Waals surface area contributed by atoms with E-state index >= 15 is 0 Å². The Morgan fingerprint density at radius 2 is 1.56 bits per heavy atom. The minimum Gasteiger partial charge on any atom is -0.460 e. The van der Waals surface area contributed by atoms with Crippen LogP contribution in [-0.2, 0) is 57.2 Å². The fourth-order valence-corrected chi connectivity index (χ4v) is 10.7. The zero-order valence-corrected chi connectivity index (χ0v) is 45.3. The number of cyclic esters (lactones) is 1. The van der Waals surface area contributed by atoms with Crippen LogP contribution < -0.4 is 0 Å². The largest absolute Gasteiger partial charge is 0.460 e. The summed E-state index contributed by atoms with van der Waals surface area (Å²) in [7, 11) is 4.43. The van der Waals surface area contributed by atoms with Crippen molar-refractivity contribution in [2.75, 3.05) is 41.1 Å². The van der Waals surface area contributed by atoms with Crippen molar-refractivity contribution in [3.8, 4) is 0 Å². The summed E-state index contributed by atoms with van der Waals surface area (Å²) in [6.45, 7) is 12.7. The molecule has 0 radical (unpaired) electrons. The Morgan fingerprint density at radius 3 is 2.21 bits per heavy atom. The van der Waals surface area contributed by atoms with Crippen molar-refractivity contribution in [2.45, 2.75) is 187 Å². The number of piperidine rings is 1. The van der Waals surface area contributed by atoms with E-state index in [1.807, 2.05) is 51.2 Å². The molecular weight excluding hydrogens is 943 g/mol. The van der Waals surface area contributed by atoms with Crippen molar-refractivity contribution in [1.29, 1.82) is 0 Å². The summed E-state index contributed by atoms with van der Waals surface area (Å²) < 4.78 is 35.4. The smallest absolute Gasteiger partial charge is 0.329 e. The molecule has 0 aromatic rings. The molecule has 0 unspecified atom stereocenters. The molecule has 2 bridgehead atoms. The van der Waals surface area contributed by atoms with Gasteiger partial charge in [-0.3, -0.25) is 24.0 Å². The van der Waals surface area contributed by atoms with E-state index in [-0.39, 0.29) is 42.8 Å². The van der Waals surface area contributed by atoms with Gasteiger partial charge in [-0.15, -0.1) is 0 Å². The lowest BCUT2D eigenvalue weighted by molar-refractivity contribution is -0.265. The molecule has 0 aromatic heterocycles. The van der Waals surface area contributed by atoms with Crippen LogP contribution >= 0.6 is 0 Å². The Labute approximate surface area is 433 Å². The summed E-state index contributed by atoms with van der Waals surface area (Å²) in [5.41, 5.74) is -0.277. The molecule has 4 aliphatic rings. The van der Waals surface area contributed by atoms with Crippen LogP contribution in [0.15, 0.2) is 47.6 Å². The fourth-order valence-electron chi connectivity index (χ4n) is 10.7. The molecule has 4 rings (SSSR count). The second-order valence-corrected chi connectivity index (χ2v) is 21.8. The summed E-state index contributed by atoms with van der Waals surface area (Å²) in [6, 6.07) is -1.20. The zero-order valence-electron chi connectivity index (χ0n) is 45.3. The molecule has 1 amide bonds. The van der Waals surface area contributed by atoms with Crippen molar-refractivity contribution in [1.82, 2.24) is 4.90 Å². The van der Waals surface area contributed by atoms with E-state index in [1.54, 1.807) is 40.9 Å². The Hall–Kier alpha value is -3.94. The third-order valence-electron chi connectivity index (χ3n) is 15.9. The van der Waals surface area contributed by atoms with Crippen LogP contribution in [0.2, 0.25) is 0 Å². The summed E-state index contributed by atoms with van der Waals surface area (Å²) in [5.74, 6) is -9.36. The number of allylic oxidation sites excluding steroid dienone is 6. The highest BCUT2D eigenvalue weighted by Crippen LogP contribution is 2.38. The molecule has 1 saturated carbocycles. The summed E-state index contributed by atoms with van der Waals surface area (Å²) in [4.78, 5) is 85.4. The van der Waals surface area contributed by atoms with Gasteiger partial charge in [0.25, 0.3) is 11.7 Å². The van der Waals surface area contributed by atoms with E-state index in [9.17, 15) is 49.2 Å². The van der Waals surface area contributed by atoms with Crippen LogP contribution in [-0.4, -0.2) is 156 Å². The van der Waals surface area contributed by atoms with E-state index in [1.165, 1.54) is 21.1 Å². The molecule has 3 heterocycles. The Kier molecular flexibility index (Phi) is 23.9. The molecule has 0 aromatic carbocycles. The van der Waals surface area contributed by atoms with Gasteiger partial charge >= 0.3 is 11.9 Å². The number of fused-ring (bicyclic) bond motifs is 3. The number of amides is 1. The van der Waals surface area contributed by atoms with E-state index in [4.69, 9.17) is 28.4 Å². The number of carbonyl (C=O) groups is 6. The van der Waals surface area contributed by atoms with Crippen LogP contribution in [0.1, 0.15) is 132 Å². The summed E-state index contributed by atoms with van der Waals surface area (Å²) in [6.07, 6.45) is 9.76. The molecule has 0 spiro atoms. The number of methoxy groups -OCH3 is 3. The number of nitrogens with zero attached hydrogens (tertiary/aromatic N) is 1. The van der Waals surface area contributed by atoms with E-state index in [2.05, 4.69) is 0 Å². The number of carbonyl (C=O) groups excluding carboxylic acids is 6. The summed E-state index contributed by atoms with van der Waals surface area (Å²) in [5, 5.41) is 43.1. The highest BCUT2D eigenvalue weighted by molar-refractivity contribution is 6.39. The molecule has 3 fully saturated rings. The first-order chi connectivity index (χ1) is 34.5. The number of ether oxygens (including phenoxy) is 6. The number of hydrogen-bond donors (Lipinski definition) is 4. The van der Waals surface area contributed by atoms with Gasteiger partial charge in [0.05, 0.1) is 31.5 Å². The standard InChI is InChI=1S/C56H87NO16/c1-33-17-13-12-14-18-34(2)45(68-9)29-41-22-20-39(7)56(67,73-41)51(63)52(64)57-24-16-15-19-42(57)53(65)71-46(30-43(60)35(3)26-38(6)49(62)50(70-11)48(61)37(5)25-33)36(4)27-40-21-23-44(47(28-40)69-10)72-54(66)55(8,31-58)32-59/h12-14,17-18,26,33,35-37,39-42,44-47,49-50,58-59,62,67H,15-16,19-25,27-32H2,1-11H3/b14-12?,17-13-,34-18?,38-26-/t33-,35-,36-,37-,39-,40+,41+,42+,44-,45+,46+,47-,49-,50+,56-/m1/s1. The minimum atomic E-state index is -2.47. The molecule has 2 saturated heterocycles. The van der Waals surface area contributed by atoms with E-state index in [0.717, 1.165) is 10.5 Å². The number of aliphatic hydroxyl groups excluding tert-OH is 3. The van der Waals surface area contributed by atoms with Crippen molar-refractivity contribution in [3.05, 3.63) is 47.6 Å². The van der Waals surface area contributed by atoms with Gasteiger partial charge in [-0.05, 0) is 114 Å². The molecule has 3 aliphatic heterocycles. The predicted octanol–water partition coefficient (Wildman–Crippen LogP) is 5.72. The Bertz CT molecular complexity index is 2010. The fraction of sp³-hybridized carbons (Fsp3) is 0.750. The lowest BCUT2D eigenvalue weighted by Crippen LogP contribution is -2.61. The quantitative estimate of drug-likeness (QED) is 0.116. The van der Waals surface area contributed by atoms with Gasteiger partial charge in [0.15, 0.2) is 5.78 Å². The Morgan fingerprint density at radius 1 is 0.863 bits per heavy atom. The average Bonchev–Trinajstić information content (AvgIpc) is 3.37. The second-order valence-electron chi connectivity index (χ2n) is 21.8. The number of hydrogen-bond acceptors (Lipinski definition) is 16. The van der Waals surface area contributed by atoms with Gasteiger partial charge in [0.1, 0.15) is 41.7 Å². The van der Waals surface area contributed by atoms with Crippen molar-refractivity contribution < 1.29 is 77.6 Å². The third kappa shape index (κ3) is 16.0. The first-order valence-electron chi connectivity index (χ1n) is 26.4. The number of ketones is 3. The molecule has 73 heavy (non-hydrogen) atoms. The maximum atomic E-state index is 14.5. The highest BCUT2D eigenvalue weighted by atomic mass is 16.6. The lowest BCUT2D eigenvalue weighted by Gasteiger charge is -2.42. The van der Waals surface area contributed by atoms with Crippen LogP contribution in [0.4, 0.5) is 0 Å². The van der Waals surface area contributed by atoms with Crippen LogP contribution in [0.5, 0.6) is 0 Å². The normalized spacial score (nSPS) is 36.3. The van der Waals surface area contributed by atoms with Crippen LogP contribution in [0.3, 0.4) is 0 Å². The van der Waals surface area contributed by atoms with Gasteiger partial charge in [0.2, 0.25) is 5.79 Å². The van der Waals surface area contributed by atoms with Gasteiger partial charge in [-0.2, -0.15) is 0 Å². The molecule has 412 valence electrons. The maximum Gasteiger partial charge on any atom is 0.329 e. The molecule has 17 nitrogen and oxygen atoms in total. The lowest BCUT2D eigenvalue weighted by atomic mass is 9.78. The average molecular weight is 1030 g/mol. The van der Waals surface area contributed by atoms with Gasteiger partial charge in [0, 0.05) is 58.5 Å². The SMILES string of the molecule is CO[C@H]1C[C@@H]2CC[C@@H](C)[C@@](O)(O2)C(=O)C(=O)N2CCCC[C@H]2C(=O)O[C@H]([C@H](C)C[C@@H]2CC[C@@H](OC(=O)C(C)(CO)CO)[C@H](OC)C2)CC(=O)[C@H](C)/C=C(/C)[C@@H](O)[C@@H](OC)C(=O)[C@H](C)C[C@H](C)/C=C\C=CC=C1C. The molecular formula is C56H87NO16. The predicted molar refractivity (Wildman–Crippen MR) is 271 cm³/mol. The second kappa shape index (κ2) is 28.3. The maximum absolute atomic E-state index is 14.5. The van der Waals surface area contributed by atoms with Crippen LogP contribution in [0, 0.1) is 40.9 Å². The van der Waals surface area contributed by atoms with Crippen molar-refractivity contribution >= 4 is 35.2 Å². The van der Waals surface area contributed by atoms with Crippen molar-refractivity contribution in [2.24, 2.45) is 40.9 Å². The number of Topliss-reactive ketones (excluding diaryl/α,β-unsaturated/α-hetero) is 3. The highest BCUT2D eigenvalue weighted by Gasteiger charge is 2.53. The molecule has 4 N–H and O–H groups in total. The van der Waals surface area contributed by atoms with Crippen LogP contribution in [0.25, 0.3) is 0 Å². The van der Waals surface area contributed by atoms with Crippen molar-refractivity contribution in [3.63, 3.8) is 0 Å². The van der Waals surface area contributed by atoms with E-state index in [0.29, 0.717) is 69.8 Å². The Balaban J connectivity index is 1.69. The first kappa shape index (κ1) is 61.6.